The van der Waals surface area contributed by atoms with Crippen LogP contribution < -0.4 is 0 Å². The van der Waals surface area contributed by atoms with E-state index in [2.05, 4.69) is 24.0 Å². The van der Waals surface area contributed by atoms with Gasteiger partial charge in [-0.05, 0) is 25.0 Å². The molecule has 0 bridgehead atoms. The smallest absolute Gasteiger partial charge is 0.137 e. The van der Waals surface area contributed by atoms with Crippen LogP contribution in [0, 0.1) is 6.92 Å². The van der Waals surface area contributed by atoms with Gasteiger partial charge in [-0.25, -0.2) is 0 Å². The van der Waals surface area contributed by atoms with E-state index < -0.39 is 0 Å². The van der Waals surface area contributed by atoms with Crippen LogP contribution in [0.4, 0.5) is 0 Å². The molecule has 15 heavy (non-hydrogen) atoms. The van der Waals surface area contributed by atoms with E-state index in [1.165, 1.54) is 0 Å². The normalized spacial score (nSPS) is 10.9. The van der Waals surface area contributed by atoms with Crippen molar-refractivity contribution in [3.05, 3.63) is 35.7 Å². The van der Waals surface area contributed by atoms with Crippen LogP contribution in [0.2, 0.25) is 0 Å². The third kappa shape index (κ3) is 1.77. The summed E-state index contributed by atoms with van der Waals surface area (Å²) in [6.45, 7) is 6.20. The van der Waals surface area contributed by atoms with Gasteiger partial charge in [0, 0.05) is 11.8 Å². The molecule has 0 radical (unpaired) electrons. The van der Waals surface area contributed by atoms with Crippen LogP contribution in [0.3, 0.4) is 0 Å². The minimum Gasteiger partial charge on any atom is -0.361 e. The quantitative estimate of drug-likeness (QED) is 0.750. The van der Waals surface area contributed by atoms with Gasteiger partial charge in [0.2, 0.25) is 0 Å². The summed E-state index contributed by atoms with van der Waals surface area (Å²) in [6, 6.07) is 5.80. The highest BCUT2D eigenvalue weighted by Gasteiger charge is 2.17. The van der Waals surface area contributed by atoms with Crippen molar-refractivity contribution in [2.75, 3.05) is 0 Å². The van der Waals surface area contributed by atoms with Crippen LogP contribution in [0.1, 0.15) is 31.1 Å². The molecule has 0 aliphatic heterocycles. The minimum atomic E-state index is 0.397. The largest absolute Gasteiger partial charge is 0.361 e. The van der Waals surface area contributed by atoms with Gasteiger partial charge >= 0.3 is 0 Å². The highest BCUT2D eigenvalue weighted by molar-refractivity contribution is 5.59. The third-order valence-corrected chi connectivity index (χ3v) is 2.39. The molecule has 2 heterocycles. The van der Waals surface area contributed by atoms with E-state index in [0.29, 0.717) is 5.92 Å². The van der Waals surface area contributed by atoms with E-state index in [4.69, 9.17) is 4.52 Å². The molecule has 0 unspecified atom stereocenters. The fourth-order valence-corrected chi connectivity index (χ4v) is 1.75. The van der Waals surface area contributed by atoms with Gasteiger partial charge in [-0.1, -0.05) is 25.1 Å². The van der Waals surface area contributed by atoms with Crippen molar-refractivity contribution in [3.63, 3.8) is 0 Å². The standard InChI is InChI=1S/C12H14N2O/c1-8(2)11-9(3)15-14-12(11)10-6-4-5-7-13-10/h4-8H,1-3H3. The summed E-state index contributed by atoms with van der Waals surface area (Å²) in [5.74, 6) is 1.28. The minimum absolute atomic E-state index is 0.397. The van der Waals surface area contributed by atoms with E-state index in [9.17, 15) is 0 Å². The van der Waals surface area contributed by atoms with Gasteiger partial charge < -0.3 is 4.52 Å². The lowest BCUT2D eigenvalue weighted by Crippen LogP contribution is -1.92. The molecule has 78 valence electrons. The van der Waals surface area contributed by atoms with Crippen molar-refractivity contribution in [1.29, 1.82) is 0 Å². The Morgan fingerprint density at radius 3 is 2.67 bits per heavy atom. The maximum Gasteiger partial charge on any atom is 0.137 e. The molecule has 0 amide bonds. The molecule has 0 saturated heterocycles. The second kappa shape index (κ2) is 3.85. The van der Waals surface area contributed by atoms with Crippen molar-refractivity contribution in [2.45, 2.75) is 26.7 Å². The molecular formula is C12H14N2O. The summed E-state index contributed by atoms with van der Waals surface area (Å²) >= 11 is 0. The van der Waals surface area contributed by atoms with Crippen molar-refractivity contribution in [3.8, 4) is 11.4 Å². The van der Waals surface area contributed by atoms with Crippen molar-refractivity contribution in [2.24, 2.45) is 0 Å². The molecule has 2 aromatic rings. The lowest BCUT2D eigenvalue weighted by Gasteiger charge is -2.04. The summed E-state index contributed by atoms with van der Waals surface area (Å²) < 4.78 is 5.22. The fraction of sp³-hybridized carbons (Fsp3) is 0.333. The number of nitrogens with zero attached hydrogens (tertiary/aromatic N) is 2. The van der Waals surface area contributed by atoms with Gasteiger partial charge in [-0.2, -0.15) is 0 Å². The molecule has 0 fully saturated rings. The first-order chi connectivity index (χ1) is 7.20. The molecule has 0 N–H and O–H groups in total. The molecule has 2 aromatic heterocycles. The van der Waals surface area contributed by atoms with Gasteiger partial charge in [0.1, 0.15) is 11.5 Å². The Hall–Kier alpha value is -1.64. The van der Waals surface area contributed by atoms with Gasteiger partial charge in [0.05, 0.1) is 5.69 Å². The molecule has 0 aliphatic carbocycles. The van der Waals surface area contributed by atoms with Gasteiger partial charge in [0.25, 0.3) is 0 Å². The summed E-state index contributed by atoms with van der Waals surface area (Å²) in [6.07, 6.45) is 1.77. The topological polar surface area (TPSA) is 38.9 Å². The first kappa shape index (κ1) is 9.90. The number of aromatic nitrogens is 2. The van der Waals surface area contributed by atoms with Crippen LogP contribution in [-0.2, 0) is 0 Å². The van der Waals surface area contributed by atoms with E-state index in [1.54, 1.807) is 6.20 Å². The Kier molecular flexibility index (Phi) is 2.54. The summed E-state index contributed by atoms with van der Waals surface area (Å²) in [5.41, 5.74) is 2.88. The SMILES string of the molecule is Cc1onc(-c2ccccn2)c1C(C)C. The summed E-state index contributed by atoms with van der Waals surface area (Å²) in [4.78, 5) is 4.28. The van der Waals surface area contributed by atoms with Crippen molar-refractivity contribution in [1.82, 2.24) is 10.1 Å². The highest BCUT2D eigenvalue weighted by atomic mass is 16.5. The van der Waals surface area contributed by atoms with E-state index in [1.807, 2.05) is 25.1 Å². The zero-order valence-electron chi connectivity index (χ0n) is 9.19. The molecule has 0 saturated carbocycles. The summed E-state index contributed by atoms with van der Waals surface area (Å²) in [5, 5.41) is 4.07. The lowest BCUT2D eigenvalue weighted by atomic mass is 9.99. The highest BCUT2D eigenvalue weighted by Crippen LogP contribution is 2.29. The maximum absolute atomic E-state index is 5.22. The Balaban J connectivity index is 2.54. The lowest BCUT2D eigenvalue weighted by molar-refractivity contribution is 0.397. The average Bonchev–Trinajstić information content (AvgIpc) is 2.61. The van der Waals surface area contributed by atoms with Crippen LogP contribution in [0.15, 0.2) is 28.9 Å². The number of rotatable bonds is 2. The fourth-order valence-electron chi connectivity index (χ4n) is 1.75. The number of aryl methyl sites for hydroxylation is 1. The second-order valence-corrected chi connectivity index (χ2v) is 3.87. The number of pyridine rings is 1. The predicted molar refractivity (Wildman–Crippen MR) is 58.6 cm³/mol. The number of hydrogen-bond donors (Lipinski definition) is 0. The molecule has 0 aliphatic rings. The van der Waals surface area contributed by atoms with Crippen molar-refractivity contribution >= 4 is 0 Å². The molecule has 0 spiro atoms. The zero-order chi connectivity index (χ0) is 10.8. The Bertz CT molecular complexity index is 446. The van der Waals surface area contributed by atoms with Crippen LogP contribution >= 0.6 is 0 Å². The van der Waals surface area contributed by atoms with Crippen LogP contribution in [-0.4, -0.2) is 10.1 Å². The number of hydrogen-bond acceptors (Lipinski definition) is 3. The van der Waals surface area contributed by atoms with Gasteiger partial charge in [-0.3, -0.25) is 4.98 Å². The molecular weight excluding hydrogens is 188 g/mol. The third-order valence-electron chi connectivity index (χ3n) is 2.39. The summed E-state index contributed by atoms with van der Waals surface area (Å²) in [7, 11) is 0. The molecule has 2 rings (SSSR count). The average molecular weight is 202 g/mol. The monoisotopic (exact) mass is 202 g/mol. The first-order valence-electron chi connectivity index (χ1n) is 5.07. The Labute approximate surface area is 89.1 Å². The van der Waals surface area contributed by atoms with Crippen LogP contribution in [0.5, 0.6) is 0 Å². The van der Waals surface area contributed by atoms with E-state index in [-0.39, 0.29) is 0 Å². The van der Waals surface area contributed by atoms with E-state index in [0.717, 1.165) is 22.7 Å². The first-order valence-corrected chi connectivity index (χ1v) is 5.07. The Morgan fingerprint density at radius 1 is 1.27 bits per heavy atom. The molecule has 0 atom stereocenters. The van der Waals surface area contributed by atoms with Crippen molar-refractivity contribution < 1.29 is 4.52 Å². The van der Waals surface area contributed by atoms with Crippen LogP contribution in [0.25, 0.3) is 11.4 Å². The molecule has 0 aromatic carbocycles. The maximum atomic E-state index is 5.22. The molecule has 3 heteroatoms. The van der Waals surface area contributed by atoms with E-state index >= 15 is 0 Å². The van der Waals surface area contributed by atoms with Gasteiger partial charge in [0.15, 0.2) is 0 Å². The predicted octanol–water partition coefficient (Wildman–Crippen LogP) is 3.17. The zero-order valence-corrected chi connectivity index (χ0v) is 9.19. The van der Waals surface area contributed by atoms with Gasteiger partial charge in [-0.15, -0.1) is 0 Å². The molecule has 3 nitrogen and oxygen atoms in total. The second-order valence-electron chi connectivity index (χ2n) is 3.87. The Morgan fingerprint density at radius 2 is 2.07 bits per heavy atom.